The maximum atomic E-state index is 12.7. The number of sulfonamides is 1. The molecule has 1 fully saturated rings. The minimum atomic E-state index is -3.59. The number of esters is 1. The highest BCUT2D eigenvalue weighted by molar-refractivity contribution is 7.89. The first-order valence-corrected chi connectivity index (χ1v) is 11.9. The molecule has 166 valence electrons. The van der Waals surface area contributed by atoms with Gasteiger partial charge in [0.2, 0.25) is 10.0 Å². The number of halogens is 2. The van der Waals surface area contributed by atoms with Gasteiger partial charge in [-0.05, 0) is 62.2 Å². The van der Waals surface area contributed by atoms with Crippen LogP contribution in [0.3, 0.4) is 0 Å². The fraction of sp³-hybridized carbons (Fsp3) is 0.333. The number of nitrogens with one attached hydrogen (secondary N) is 1. The number of hydrogen-bond acceptors (Lipinski definition) is 5. The quantitative estimate of drug-likeness (QED) is 0.615. The van der Waals surface area contributed by atoms with Gasteiger partial charge in [0.05, 0.1) is 21.2 Å². The Morgan fingerprint density at radius 2 is 1.68 bits per heavy atom. The Labute approximate surface area is 191 Å². The fourth-order valence-electron chi connectivity index (χ4n) is 3.12. The lowest BCUT2D eigenvalue weighted by atomic mass is 10.2. The van der Waals surface area contributed by atoms with Gasteiger partial charge in [-0.15, -0.1) is 0 Å². The van der Waals surface area contributed by atoms with Crippen molar-refractivity contribution in [2.75, 3.05) is 18.4 Å². The van der Waals surface area contributed by atoms with Crippen molar-refractivity contribution >= 4 is 50.8 Å². The van der Waals surface area contributed by atoms with Gasteiger partial charge in [-0.1, -0.05) is 29.6 Å². The Morgan fingerprint density at radius 1 is 1.03 bits per heavy atom. The molecular weight excluding hydrogens is 463 g/mol. The van der Waals surface area contributed by atoms with Crippen molar-refractivity contribution in [1.82, 2.24) is 4.31 Å². The second kappa shape index (κ2) is 9.99. The van der Waals surface area contributed by atoms with E-state index in [1.165, 1.54) is 41.6 Å². The van der Waals surface area contributed by atoms with E-state index in [-0.39, 0.29) is 15.5 Å². The van der Waals surface area contributed by atoms with Crippen LogP contribution in [0.1, 0.15) is 36.5 Å². The van der Waals surface area contributed by atoms with E-state index >= 15 is 0 Å². The van der Waals surface area contributed by atoms with Crippen LogP contribution in [0.15, 0.2) is 47.4 Å². The highest BCUT2D eigenvalue weighted by Crippen LogP contribution is 2.26. The predicted octanol–water partition coefficient (Wildman–Crippen LogP) is 4.35. The zero-order chi connectivity index (χ0) is 22.6. The summed E-state index contributed by atoms with van der Waals surface area (Å²) in [6.45, 7) is 2.42. The first-order chi connectivity index (χ1) is 14.7. The number of anilines is 1. The van der Waals surface area contributed by atoms with Gasteiger partial charge in [0.1, 0.15) is 0 Å². The minimum Gasteiger partial charge on any atom is -0.449 e. The van der Waals surface area contributed by atoms with Gasteiger partial charge in [-0.3, -0.25) is 4.79 Å². The third-order valence-corrected chi connectivity index (χ3v) is 7.35. The number of rotatable bonds is 6. The van der Waals surface area contributed by atoms with Gasteiger partial charge < -0.3 is 10.1 Å². The van der Waals surface area contributed by atoms with Crippen LogP contribution in [0, 0.1) is 0 Å². The van der Waals surface area contributed by atoms with Crippen molar-refractivity contribution in [2.45, 2.75) is 37.2 Å². The normalized spacial score (nSPS) is 15.8. The lowest BCUT2D eigenvalue weighted by Crippen LogP contribution is -2.35. The van der Waals surface area contributed by atoms with Gasteiger partial charge in [0, 0.05) is 18.1 Å². The smallest absolute Gasteiger partial charge is 0.338 e. The zero-order valence-electron chi connectivity index (χ0n) is 16.8. The summed E-state index contributed by atoms with van der Waals surface area (Å²) in [6.07, 6.45) is 1.60. The molecule has 1 heterocycles. The lowest BCUT2D eigenvalue weighted by Gasteiger charge is -2.25. The summed E-state index contributed by atoms with van der Waals surface area (Å²) in [5, 5.41) is 3.25. The average molecular weight is 485 g/mol. The summed E-state index contributed by atoms with van der Waals surface area (Å²) < 4.78 is 32.0. The maximum absolute atomic E-state index is 12.7. The van der Waals surface area contributed by atoms with Gasteiger partial charge in [-0.2, -0.15) is 4.31 Å². The fourth-order valence-corrected chi connectivity index (χ4v) is 5.10. The predicted molar refractivity (Wildman–Crippen MR) is 119 cm³/mol. The number of piperidine rings is 1. The average Bonchev–Trinajstić information content (AvgIpc) is 2.76. The molecule has 7 nitrogen and oxygen atoms in total. The Balaban J connectivity index is 1.62. The molecule has 31 heavy (non-hydrogen) atoms. The Bertz CT molecular complexity index is 1070. The van der Waals surface area contributed by atoms with E-state index in [9.17, 15) is 18.0 Å². The van der Waals surface area contributed by atoms with Crippen molar-refractivity contribution in [3.63, 3.8) is 0 Å². The number of amides is 1. The van der Waals surface area contributed by atoms with Crippen LogP contribution in [0.25, 0.3) is 0 Å². The second-order valence-electron chi connectivity index (χ2n) is 7.15. The summed E-state index contributed by atoms with van der Waals surface area (Å²) in [4.78, 5) is 24.8. The Kier molecular flexibility index (Phi) is 7.59. The molecule has 1 aliphatic rings. The molecule has 2 aromatic rings. The van der Waals surface area contributed by atoms with Gasteiger partial charge in [0.25, 0.3) is 5.91 Å². The molecule has 0 saturated carbocycles. The lowest BCUT2D eigenvalue weighted by molar-refractivity contribution is -0.123. The van der Waals surface area contributed by atoms with Crippen molar-refractivity contribution in [1.29, 1.82) is 0 Å². The SMILES string of the molecule is CC(OC(=O)c1ccc(S(=O)(=O)N2CCCCC2)cc1)C(=O)Nc1ccc(Cl)cc1Cl. The van der Waals surface area contributed by atoms with Crippen molar-refractivity contribution < 1.29 is 22.7 Å². The monoisotopic (exact) mass is 484 g/mol. The number of benzene rings is 2. The van der Waals surface area contributed by atoms with Crippen molar-refractivity contribution in [3.05, 3.63) is 58.1 Å². The summed E-state index contributed by atoms with van der Waals surface area (Å²) in [7, 11) is -3.59. The number of carbonyl (C=O) groups excluding carboxylic acids is 2. The number of carbonyl (C=O) groups is 2. The zero-order valence-corrected chi connectivity index (χ0v) is 19.1. The van der Waals surface area contributed by atoms with E-state index in [2.05, 4.69) is 5.32 Å². The third kappa shape index (κ3) is 5.77. The summed E-state index contributed by atoms with van der Waals surface area (Å²) in [6, 6.07) is 10.1. The molecule has 1 atom stereocenters. The van der Waals surface area contributed by atoms with Crippen LogP contribution < -0.4 is 5.32 Å². The van der Waals surface area contributed by atoms with Gasteiger partial charge in [-0.25, -0.2) is 13.2 Å². The van der Waals surface area contributed by atoms with Crippen LogP contribution in [0.5, 0.6) is 0 Å². The van der Waals surface area contributed by atoms with Crippen molar-refractivity contribution in [2.24, 2.45) is 0 Å². The van der Waals surface area contributed by atoms with Crippen LogP contribution >= 0.6 is 23.2 Å². The van der Waals surface area contributed by atoms with E-state index in [0.29, 0.717) is 23.8 Å². The molecule has 0 aliphatic carbocycles. The maximum Gasteiger partial charge on any atom is 0.338 e. The molecule has 0 bridgehead atoms. The van der Waals surface area contributed by atoms with Gasteiger partial charge >= 0.3 is 5.97 Å². The largest absolute Gasteiger partial charge is 0.449 e. The summed E-state index contributed by atoms with van der Waals surface area (Å²) in [5.74, 6) is -1.31. The van der Waals surface area contributed by atoms with Crippen LogP contribution in [-0.2, 0) is 19.6 Å². The first-order valence-electron chi connectivity index (χ1n) is 9.75. The van der Waals surface area contributed by atoms with E-state index in [1.807, 2.05) is 0 Å². The summed E-state index contributed by atoms with van der Waals surface area (Å²) >= 11 is 11.9. The number of ether oxygens (including phenoxy) is 1. The molecule has 0 aromatic heterocycles. The highest BCUT2D eigenvalue weighted by Gasteiger charge is 2.26. The van der Waals surface area contributed by atoms with E-state index in [0.717, 1.165) is 19.3 Å². The van der Waals surface area contributed by atoms with Crippen LogP contribution in [0.4, 0.5) is 5.69 Å². The molecule has 1 unspecified atom stereocenters. The summed E-state index contributed by atoms with van der Waals surface area (Å²) in [5.41, 5.74) is 0.480. The molecular formula is C21H22Cl2N2O5S. The molecule has 2 aromatic carbocycles. The first kappa shape index (κ1) is 23.5. The molecule has 3 rings (SSSR count). The minimum absolute atomic E-state index is 0.120. The van der Waals surface area contributed by atoms with Gasteiger partial charge in [0.15, 0.2) is 6.10 Å². The number of nitrogens with zero attached hydrogens (tertiary/aromatic N) is 1. The van der Waals surface area contributed by atoms with Crippen LogP contribution in [0.2, 0.25) is 10.0 Å². The van der Waals surface area contributed by atoms with Crippen molar-refractivity contribution in [3.8, 4) is 0 Å². The van der Waals surface area contributed by atoms with Crippen LogP contribution in [-0.4, -0.2) is 43.8 Å². The Morgan fingerprint density at radius 3 is 2.29 bits per heavy atom. The van der Waals surface area contributed by atoms with E-state index < -0.39 is 28.0 Å². The second-order valence-corrected chi connectivity index (χ2v) is 9.93. The Hall–Kier alpha value is -2.13. The standard InChI is InChI=1S/C21H22Cl2N2O5S/c1-14(20(26)24-19-10-7-16(22)13-18(19)23)30-21(27)15-5-8-17(9-6-15)31(28,29)25-11-3-2-4-12-25/h5-10,13-14H,2-4,11-12H2,1H3,(H,24,26). The highest BCUT2D eigenvalue weighted by atomic mass is 35.5. The molecule has 1 N–H and O–H groups in total. The van der Waals surface area contributed by atoms with E-state index in [4.69, 9.17) is 27.9 Å². The molecule has 1 saturated heterocycles. The number of hydrogen-bond donors (Lipinski definition) is 1. The topological polar surface area (TPSA) is 92.8 Å². The molecule has 1 aliphatic heterocycles. The molecule has 0 radical (unpaired) electrons. The molecule has 10 heteroatoms. The third-order valence-electron chi connectivity index (χ3n) is 4.88. The molecule has 1 amide bonds. The molecule has 0 spiro atoms. The van der Waals surface area contributed by atoms with E-state index in [1.54, 1.807) is 12.1 Å².